The predicted molar refractivity (Wildman–Crippen MR) is 72.3 cm³/mol. The van der Waals surface area contributed by atoms with E-state index in [1.54, 1.807) is 24.3 Å². The van der Waals surface area contributed by atoms with Crippen LogP contribution in [0, 0.1) is 0 Å². The van der Waals surface area contributed by atoms with Gasteiger partial charge in [-0.3, -0.25) is 4.40 Å². The number of carbonyl (C=O) groups excluding carboxylic acids is 1. The zero-order valence-electron chi connectivity index (χ0n) is 10.6. The summed E-state index contributed by atoms with van der Waals surface area (Å²) in [5, 5.41) is 10.7. The molecule has 1 amide bonds. The molecule has 2 aromatic heterocycles. The van der Waals surface area contributed by atoms with Crippen LogP contribution in [0.25, 0.3) is 5.65 Å². The van der Waals surface area contributed by atoms with E-state index in [2.05, 4.69) is 15.5 Å². The highest BCUT2D eigenvalue weighted by atomic mass is 16.6. The maximum Gasteiger partial charge on any atom is 0.412 e. The molecule has 0 bridgehead atoms. The number of amides is 1. The Morgan fingerprint density at radius 1 is 1.10 bits per heavy atom. The number of nitrogens with one attached hydrogen (secondary N) is 1. The van der Waals surface area contributed by atoms with Crippen molar-refractivity contribution in [2.75, 3.05) is 0 Å². The van der Waals surface area contributed by atoms with Crippen LogP contribution in [0.1, 0.15) is 5.82 Å². The zero-order valence-corrected chi connectivity index (χ0v) is 10.6. The summed E-state index contributed by atoms with van der Waals surface area (Å²) in [7, 11) is 0. The van der Waals surface area contributed by atoms with E-state index in [-0.39, 0.29) is 6.54 Å². The lowest BCUT2D eigenvalue weighted by Gasteiger charge is -2.05. The molecule has 1 N–H and O–H groups in total. The topological polar surface area (TPSA) is 68.5 Å². The van der Waals surface area contributed by atoms with Crippen molar-refractivity contribution in [1.82, 2.24) is 19.9 Å². The summed E-state index contributed by atoms with van der Waals surface area (Å²) < 4.78 is 6.93. The molecule has 0 aliphatic carbocycles. The Bertz CT molecular complexity index is 724. The van der Waals surface area contributed by atoms with E-state index < -0.39 is 6.09 Å². The van der Waals surface area contributed by atoms with E-state index >= 15 is 0 Å². The highest BCUT2D eigenvalue weighted by Gasteiger charge is 2.08. The number of carbonyl (C=O) groups is 1. The molecule has 6 nitrogen and oxygen atoms in total. The number of para-hydroxylation sites is 1. The molecule has 3 rings (SSSR count). The largest absolute Gasteiger partial charge is 0.412 e. The van der Waals surface area contributed by atoms with Gasteiger partial charge in [0.1, 0.15) is 5.75 Å². The van der Waals surface area contributed by atoms with Gasteiger partial charge in [-0.1, -0.05) is 24.3 Å². The Balaban J connectivity index is 1.63. The predicted octanol–water partition coefficient (Wildman–Crippen LogP) is 2.02. The van der Waals surface area contributed by atoms with Gasteiger partial charge in [-0.15, -0.1) is 10.2 Å². The van der Waals surface area contributed by atoms with Gasteiger partial charge in [0.05, 0.1) is 6.54 Å². The van der Waals surface area contributed by atoms with Gasteiger partial charge < -0.3 is 10.1 Å². The molecule has 100 valence electrons. The van der Waals surface area contributed by atoms with Gasteiger partial charge in [-0.05, 0) is 24.3 Å². The Morgan fingerprint density at radius 2 is 1.90 bits per heavy atom. The lowest BCUT2D eigenvalue weighted by molar-refractivity contribution is 0.199. The molecule has 0 saturated heterocycles. The van der Waals surface area contributed by atoms with Crippen molar-refractivity contribution in [1.29, 1.82) is 0 Å². The molecule has 0 radical (unpaired) electrons. The molecule has 6 heteroatoms. The van der Waals surface area contributed by atoms with Crippen LogP contribution in [0.3, 0.4) is 0 Å². The number of rotatable bonds is 3. The van der Waals surface area contributed by atoms with Crippen molar-refractivity contribution in [3.63, 3.8) is 0 Å². The molecule has 0 spiro atoms. The summed E-state index contributed by atoms with van der Waals surface area (Å²) >= 11 is 0. The molecule has 0 unspecified atom stereocenters. The minimum Gasteiger partial charge on any atom is -0.410 e. The summed E-state index contributed by atoms with van der Waals surface area (Å²) in [4.78, 5) is 11.7. The molecule has 0 aliphatic heterocycles. The van der Waals surface area contributed by atoms with E-state index in [4.69, 9.17) is 4.74 Å². The number of benzene rings is 1. The van der Waals surface area contributed by atoms with Gasteiger partial charge in [-0.2, -0.15) is 0 Å². The molecule has 1 aromatic carbocycles. The fourth-order valence-corrected chi connectivity index (χ4v) is 1.79. The maximum absolute atomic E-state index is 11.7. The van der Waals surface area contributed by atoms with Crippen LogP contribution in [0.4, 0.5) is 4.79 Å². The number of hydrogen-bond donors (Lipinski definition) is 1. The monoisotopic (exact) mass is 268 g/mol. The van der Waals surface area contributed by atoms with Crippen molar-refractivity contribution in [2.24, 2.45) is 0 Å². The Labute approximate surface area is 115 Å². The molecule has 3 aromatic rings. The molecule has 20 heavy (non-hydrogen) atoms. The number of nitrogens with zero attached hydrogens (tertiary/aromatic N) is 3. The molecule has 0 aliphatic rings. The Kier molecular flexibility index (Phi) is 3.28. The molecule has 0 fully saturated rings. The van der Waals surface area contributed by atoms with Crippen LogP contribution in [0.5, 0.6) is 5.75 Å². The smallest absolute Gasteiger partial charge is 0.410 e. The SMILES string of the molecule is O=C(NCc1nnc2ccccn12)Oc1ccccc1. The normalized spacial score (nSPS) is 10.4. The standard InChI is InChI=1S/C14H12N4O2/c19-14(20-11-6-2-1-3-7-11)15-10-13-17-16-12-8-4-5-9-18(12)13/h1-9H,10H2,(H,15,19). The molecular formula is C14H12N4O2. The number of ether oxygens (including phenoxy) is 1. The van der Waals surface area contributed by atoms with Crippen molar-refractivity contribution in [3.8, 4) is 5.75 Å². The van der Waals surface area contributed by atoms with Gasteiger partial charge >= 0.3 is 6.09 Å². The Morgan fingerprint density at radius 3 is 2.75 bits per heavy atom. The van der Waals surface area contributed by atoms with E-state index in [1.165, 1.54) is 0 Å². The van der Waals surface area contributed by atoms with E-state index in [0.717, 1.165) is 5.65 Å². The molecule has 0 atom stereocenters. The number of pyridine rings is 1. The van der Waals surface area contributed by atoms with Crippen LogP contribution in [-0.4, -0.2) is 20.7 Å². The van der Waals surface area contributed by atoms with Crippen LogP contribution in [-0.2, 0) is 6.54 Å². The van der Waals surface area contributed by atoms with Crippen molar-refractivity contribution < 1.29 is 9.53 Å². The molecular weight excluding hydrogens is 256 g/mol. The summed E-state index contributed by atoms with van der Waals surface area (Å²) in [5.74, 6) is 1.14. The summed E-state index contributed by atoms with van der Waals surface area (Å²) in [5.41, 5.74) is 0.737. The average molecular weight is 268 g/mol. The van der Waals surface area contributed by atoms with Crippen LogP contribution < -0.4 is 10.1 Å². The summed E-state index contributed by atoms with van der Waals surface area (Å²) in [6.45, 7) is 0.247. The van der Waals surface area contributed by atoms with E-state index in [0.29, 0.717) is 11.6 Å². The second-order valence-corrected chi connectivity index (χ2v) is 4.10. The maximum atomic E-state index is 11.7. The molecule has 0 saturated carbocycles. The quantitative estimate of drug-likeness (QED) is 0.789. The minimum atomic E-state index is -0.524. The van der Waals surface area contributed by atoms with E-state index in [9.17, 15) is 4.79 Å². The van der Waals surface area contributed by atoms with Crippen LogP contribution in [0.2, 0.25) is 0 Å². The number of hydrogen-bond acceptors (Lipinski definition) is 4. The van der Waals surface area contributed by atoms with E-state index in [1.807, 2.05) is 34.9 Å². The van der Waals surface area contributed by atoms with Gasteiger partial charge in [-0.25, -0.2) is 4.79 Å². The lowest BCUT2D eigenvalue weighted by Crippen LogP contribution is -2.27. The third kappa shape index (κ3) is 2.59. The third-order valence-corrected chi connectivity index (χ3v) is 2.73. The lowest BCUT2D eigenvalue weighted by atomic mass is 10.3. The zero-order chi connectivity index (χ0) is 13.8. The first-order chi connectivity index (χ1) is 9.83. The van der Waals surface area contributed by atoms with Gasteiger partial charge in [0.15, 0.2) is 11.5 Å². The van der Waals surface area contributed by atoms with Crippen LogP contribution >= 0.6 is 0 Å². The highest BCUT2D eigenvalue weighted by Crippen LogP contribution is 2.08. The van der Waals surface area contributed by atoms with Gasteiger partial charge in [0, 0.05) is 6.20 Å². The first-order valence-corrected chi connectivity index (χ1v) is 6.12. The Hall–Kier alpha value is -2.89. The van der Waals surface area contributed by atoms with Gasteiger partial charge in [0.2, 0.25) is 0 Å². The molecule has 2 heterocycles. The minimum absolute atomic E-state index is 0.247. The van der Waals surface area contributed by atoms with Gasteiger partial charge in [0.25, 0.3) is 0 Å². The highest BCUT2D eigenvalue weighted by molar-refractivity contribution is 5.70. The van der Waals surface area contributed by atoms with Crippen molar-refractivity contribution in [2.45, 2.75) is 6.54 Å². The average Bonchev–Trinajstić information content (AvgIpc) is 2.89. The second-order valence-electron chi connectivity index (χ2n) is 4.10. The number of aromatic nitrogens is 3. The first kappa shape index (κ1) is 12.2. The summed E-state index contributed by atoms with van der Waals surface area (Å²) in [6, 6.07) is 14.5. The first-order valence-electron chi connectivity index (χ1n) is 6.12. The summed E-state index contributed by atoms with van der Waals surface area (Å²) in [6.07, 6.45) is 1.32. The van der Waals surface area contributed by atoms with Crippen LogP contribution in [0.15, 0.2) is 54.7 Å². The third-order valence-electron chi connectivity index (χ3n) is 2.73. The van der Waals surface area contributed by atoms with Crippen molar-refractivity contribution >= 4 is 11.7 Å². The number of fused-ring (bicyclic) bond motifs is 1. The van der Waals surface area contributed by atoms with Crippen molar-refractivity contribution in [3.05, 3.63) is 60.6 Å². The second kappa shape index (κ2) is 5.40. The fourth-order valence-electron chi connectivity index (χ4n) is 1.79. The fraction of sp³-hybridized carbons (Fsp3) is 0.0714.